The Kier molecular flexibility index (Phi) is 4.02. The standard InChI is InChI=1S/C16H25NO2/c1-9-11(3)17-12(4)10(2)15(9)13-6-7-14(8-13)16(18)19-5/h13-15,17H,6-8H2,1-5H3. The van der Waals surface area contributed by atoms with Crippen LogP contribution in [0.3, 0.4) is 0 Å². The molecule has 2 atom stereocenters. The first-order valence-corrected chi connectivity index (χ1v) is 7.15. The lowest BCUT2D eigenvalue weighted by Gasteiger charge is -2.33. The van der Waals surface area contributed by atoms with Gasteiger partial charge in [0.1, 0.15) is 0 Å². The molecule has 1 heterocycles. The van der Waals surface area contributed by atoms with Gasteiger partial charge in [-0.1, -0.05) is 0 Å². The first-order valence-electron chi connectivity index (χ1n) is 7.15. The first-order chi connectivity index (χ1) is 8.95. The second-order valence-corrected chi connectivity index (χ2v) is 6.01. The van der Waals surface area contributed by atoms with E-state index in [4.69, 9.17) is 4.74 Å². The molecule has 0 aromatic heterocycles. The van der Waals surface area contributed by atoms with Crippen LogP contribution >= 0.6 is 0 Å². The summed E-state index contributed by atoms with van der Waals surface area (Å²) in [7, 11) is 1.49. The fourth-order valence-electron chi connectivity index (χ4n) is 3.68. The van der Waals surface area contributed by atoms with Crippen molar-refractivity contribution in [3.63, 3.8) is 0 Å². The van der Waals surface area contributed by atoms with E-state index in [0.29, 0.717) is 11.8 Å². The molecule has 2 aliphatic rings. The molecule has 2 rings (SSSR count). The number of rotatable bonds is 2. The Morgan fingerprint density at radius 1 is 1.11 bits per heavy atom. The van der Waals surface area contributed by atoms with Gasteiger partial charge >= 0.3 is 5.97 Å². The van der Waals surface area contributed by atoms with Gasteiger partial charge in [0.25, 0.3) is 0 Å². The normalized spacial score (nSPS) is 28.7. The molecule has 0 saturated heterocycles. The van der Waals surface area contributed by atoms with Crippen LogP contribution in [-0.2, 0) is 9.53 Å². The van der Waals surface area contributed by atoms with Crippen LogP contribution in [0.1, 0.15) is 47.0 Å². The number of carbonyl (C=O) groups is 1. The fraction of sp³-hybridized carbons (Fsp3) is 0.688. The monoisotopic (exact) mass is 263 g/mol. The summed E-state index contributed by atoms with van der Waals surface area (Å²) < 4.78 is 4.89. The third-order valence-electron chi connectivity index (χ3n) is 4.97. The molecule has 1 saturated carbocycles. The van der Waals surface area contributed by atoms with E-state index in [2.05, 4.69) is 33.0 Å². The lowest BCUT2D eigenvalue weighted by Crippen LogP contribution is -2.27. The van der Waals surface area contributed by atoms with Gasteiger partial charge in [-0.05, 0) is 64.0 Å². The largest absolute Gasteiger partial charge is 0.469 e. The molecule has 3 nitrogen and oxygen atoms in total. The molecule has 19 heavy (non-hydrogen) atoms. The van der Waals surface area contributed by atoms with E-state index in [1.165, 1.54) is 29.7 Å². The maximum atomic E-state index is 11.7. The molecule has 106 valence electrons. The van der Waals surface area contributed by atoms with Crippen LogP contribution in [0.2, 0.25) is 0 Å². The van der Waals surface area contributed by atoms with E-state index < -0.39 is 0 Å². The fourth-order valence-corrected chi connectivity index (χ4v) is 3.68. The minimum atomic E-state index is -0.0341. The van der Waals surface area contributed by atoms with Crippen LogP contribution in [0, 0.1) is 17.8 Å². The molecular formula is C16H25NO2. The smallest absolute Gasteiger partial charge is 0.308 e. The van der Waals surface area contributed by atoms with Gasteiger partial charge in [0, 0.05) is 17.3 Å². The molecule has 3 heteroatoms. The average molecular weight is 263 g/mol. The van der Waals surface area contributed by atoms with Gasteiger partial charge in [0.2, 0.25) is 0 Å². The van der Waals surface area contributed by atoms with E-state index in [0.717, 1.165) is 19.3 Å². The molecule has 1 fully saturated rings. The Morgan fingerprint density at radius 3 is 2.21 bits per heavy atom. The van der Waals surface area contributed by atoms with Crippen LogP contribution < -0.4 is 5.32 Å². The quantitative estimate of drug-likeness (QED) is 0.776. The number of hydrogen-bond acceptors (Lipinski definition) is 3. The Morgan fingerprint density at radius 2 is 1.68 bits per heavy atom. The van der Waals surface area contributed by atoms with E-state index in [1.54, 1.807) is 0 Å². The number of methoxy groups -OCH3 is 1. The number of hydrogen-bond donors (Lipinski definition) is 1. The first kappa shape index (κ1) is 14.2. The summed E-state index contributed by atoms with van der Waals surface area (Å²) in [5, 5.41) is 3.44. The van der Waals surface area contributed by atoms with Crippen LogP contribution in [0.5, 0.6) is 0 Å². The van der Waals surface area contributed by atoms with E-state index in [-0.39, 0.29) is 11.9 Å². The van der Waals surface area contributed by atoms with Crippen LogP contribution in [0.15, 0.2) is 22.5 Å². The summed E-state index contributed by atoms with van der Waals surface area (Å²) in [5.41, 5.74) is 5.40. The van der Waals surface area contributed by atoms with Crippen LogP contribution in [0.25, 0.3) is 0 Å². The number of nitrogens with one attached hydrogen (secondary N) is 1. The number of dihydropyridines is 1. The zero-order chi connectivity index (χ0) is 14.2. The van der Waals surface area contributed by atoms with E-state index >= 15 is 0 Å². The minimum Gasteiger partial charge on any atom is -0.469 e. The summed E-state index contributed by atoms with van der Waals surface area (Å²) in [4.78, 5) is 11.7. The zero-order valence-corrected chi connectivity index (χ0v) is 12.7. The highest BCUT2D eigenvalue weighted by Gasteiger charge is 2.37. The minimum absolute atomic E-state index is 0.0341. The number of esters is 1. The van der Waals surface area contributed by atoms with Crippen LogP contribution in [-0.4, -0.2) is 13.1 Å². The molecule has 0 bridgehead atoms. The van der Waals surface area contributed by atoms with Gasteiger partial charge < -0.3 is 10.1 Å². The van der Waals surface area contributed by atoms with Crippen LogP contribution in [0.4, 0.5) is 0 Å². The van der Waals surface area contributed by atoms with Crippen molar-refractivity contribution in [2.24, 2.45) is 17.8 Å². The molecule has 0 aromatic carbocycles. The van der Waals surface area contributed by atoms with Gasteiger partial charge in [-0.3, -0.25) is 4.79 Å². The van der Waals surface area contributed by atoms with Gasteiger partial charge in [-0.2, -0.15) is 0 Å². The number of allylic oxidation sites excluding steroid dienone is 4. The predicted molar refractivity (Wildman–Crippen MR) is 76.2 cm³/mol. The molecule has 0 amide bonds. The Balaban J connectivity index is 2.18. The number of ether oxygens (including phenoxy) is 1. The number of carbonyl (C=O) groups excluding carboxylic acids is 1. The van der Waals surface area contributed by atoms with Crippen molar-refractivity contribution in [3.05, 3.63) is 22.5 Å². The molecule has 0 radical (unpaired) electrons. The van der Waals surface area contributed by atoms with Crippen molar-refractivity contribution in [2.45, 2.75) is 47.0 Å². The summed E-state index contributed by atoms with van der Waals surface area (Å²) in [6, 6.07) is 0. The second-order valence-electron chi connectivity index (χ2n) is 6.01. The van der Waals surface area contributed by atoms with Gasteiger partial charge in [0.05, 0.1) is 13.0 Å². The molecule has 1 aliphatic heterocycles. The molecule has 2 unspecified atom stereocenters. The highest BCUT2D eigenvalue weighted by atomic mass is 16.5. The van der Waals surface area contributed by atoms with Gasteiger partial charge in [-0.25, -0.2) is 0 Å². The Labute approximate surface area is 116 Å². The predicted octanol–water partition coefficient (Wildman–Crippen LogP) is 3.38. The van der Waals surface area contributed by atoms with Crippen molar-refractivity contribution in [2.75, 3.05) is 7.11 Å². The summed E-state index contributed by atoms with van der Waals surface area (Å²) in [6.07, 6.45) is 3.06. The van der Waals surface area contributed by atoms with E-state index in [9.17, 15) is 4.79 Å². The van der Waals surface area contributed by atoms with Crippen molar-refractivity contribution < 1.29 is 9.53 Å². The van der Waals surface area contributed by atoms with Gasteiger partial charge in [0.15, 0.2) is 0 Å². The summed E-state index contributed by atoms with van der Waals surface area (Å²) in [6.45, 7) is 8.72. The Hall–Kier alpha value is -1.25. The molecule has 0 spiro atoms. The third-order valence-corrected chi connectivity index (χ3v) is 4.97. The van der Waals surface area contributed by atoms with Crippen molar-refractivity contribution in [3.8, 4) is 0 Å². The topological polar surface area (TPSA) is 38.3 Å². The highest BCUT2D eigenvalue weighted by molar-refractivity contribution is 5.72. The Bertz CT molecular complexity index is 424. The molecule has 1 aliphatic carbocycles. The SMILES string of the molecule is COC(=O)C1CCC(C2C(C)=C(C)NC(C)=C2C)C1. The zero-order valence-electron chi connectivity index (χ0n) is 12.7. The third kappa shape index (κ3) is 2.56. The molecular weight excluding hydrogens is 238 g/mol. The lowest BCUT2D eigenvalue weighted by molar-refractivity contribution is -0.145. The average Bonchev–Trinajstić information content (AvgIpc) is 2.85. The highest BCUT2D eigenvalue weighted by Crippen LogP contribution is 2.44. The summed E-state index contributed by atoms with van der Waals surface area (Å²) in [5.74, 6) is 1.14. The van der Waals surface area contributed by atoms with E-state index in [1.807, 2.05) is 0 Å². The lowest BCUT2D eigenvalue weighted by atomic mass is 9.77. The summed E-state index contributed by atoms with van der Waals surface area (Å²) >= 11 is 0. The van der Waals surface area contributed by atoms with Crippen molar-refractivity contribution in [1.82, 2.24) is 5.32 Å². The van der Waals surface area contributed by atoms with Gasteiger partial charge in [-0.15, -0.1) is 0 Å². The van der Waals surface area contributed by atoms with Crippen molar-refractivity contribution >= 4 is 5.97 Å². The molecule has 0 aromatic rings. The van der Waals surface area contributed by atoms with Crippen molar-refractivity contribution in [1.29, 1.82) is 0 Å². The maximum absolute atomic E-state index is 11.7. The second kappa shape index (κ2) is 5.40. The molecule has 1 N–H and O–H groups in total. The maximum Gasteiger partial charge on any atom is 0.308 e.